The van der Waals surface area contributed by atoms with Gasteiger partial charge in [-0.3, -0.25) is 4.90 Å². The second-order valence-corrected chi connectivity index (χ2v) is 5.88. The molecule has 0 bridgehead atoms. The second-order valence-electron chi connectivity index (χ2n) is 5.88. The van der Waals surface area contributed by atoms with Crippen LogP contribution in [0.5, 0.6) is 0 Å². The minimum Gasteiger partial charge on any atom is -0.308 e. The van der Waals surface area contributed by atoms with Crippen LogP contribution in [0.15, 0.2) is 0 Å². The van der Waals surface area contributed by atoms with Gasteiger partial charge in [0, 0.05) is 18.6 Å². The van der Waals surface area contributed by atoms with Crippen molar-refractivity contribution >= 4 is 0 Å². The fourth-order valence-corrected chi connectivity index (χ4v) is 3.57. The van der Waals surface area contributed by atoms with Gasteiger partial charge >= 0.3 is 0 Å². The summed E-state index contributed by atoms with van der Waals surface area (Å²) in [5.41, 5.74) is 0. The molecule has 0 aromatic heterocycles. The van der Waals surface area contributed by atoms with Crippen molar-refractivity contribution in [3.63, 3.8) is 0 Å². The van der Waals surface area contributed by atoms with E-state index in [9.17, 15) is 5.26 Å². The third kappa shape index (κ3) is 3.00. The number of likely N-dealkylation sites (tertiary alicyclic amines) is 1. The summed E-state index contributed by atoms with van der Waals surface area (Å²) in [6.45, 7) is 2.36. The van der Waals surface area contributed by atoms with Gasteiger partial charge in [0.2, 0.25) is 0 Å². The first-order valence-electron chi connectivity index (χ1n) is 7.02. The first-order valence-corrected chi connectivity index (χ1v) is 7.02. The molecule has 1 heterocycles. The van der Waals surface area contributed by atoms with E-state index in [0.717, 1.165) is 13.0 Å². The van der Waals surface area contributed by atoms with E-state index in [0.29, 0.717) is 12.1 Å². The van der Waals surface area contributed by atoms with Crippen molar-refractivity contribution in [1.29, 1.82) is 5.26 Å². The van der Waals surface area contributed by atoms with Gasteiger partial charge in [0.15, 0.2) is 0 Å². The molecule has 3 nitrogen and oxygen atoms in total. The second kappa shape index (κ2) is 5.84. The number of rotatable bonds is 3. The monoisotopic (exact) mass is 235 g/mol. The van der Waals surface area contributed by atoms with Gasteiger partial charge in [0.25, 0.3) is 0 Å². The smallest absolute Gasteiger partial charge is 0.0672 e. The minimum absolute atomic E-state index is 0.284. The van der Waals surface area contributed by atoms with Crippen LogP contribution in [-0.2, 0) is 0 Å². The standard InChI is InChI=1S/C14H25N3/c1-16(2)11-13-7-5-9-17(13)14-8-4-3-6-12(14)10-15/h12-14H,3-9,11H2,1-2H3. The molecular weight excluding hydrogens is 210 g/mol. The molecule has 96 valence electrons. The maximum absolute atomic E-state index is 9.30. The highest BCUT2D eigenvalue weighted by atomic mass is 15.2. The first-order chi connectivity index (χ1) is 8.22. The summed E-state index contributed by atoms with van der Waals surface area (Å²) in [6.07, 6.45) is 7.55. The van der Waals surface area contributed by atoms with Crippen molar-refractivity contribution in [3.05, 3.63) is 0 Å². The number of hydrogen-bond donors (Lipinski definition) is 0. The molecule has 3 heteroatoms. The van der Waals surface area contributed by atoms with Gasteiger partial charge in [0.1, 0.15) is 0 Å². The molecular formula is C14H25N3. The maximum atomic E-state index is 9.30. The molecule has 0 amide bonds. The van der Waals surface area contributed by atoms with Crippen molar-refractivity contribution in [2.45, 2.75) is 50.6 Å². The van der Waals surface area contributed by atoms with Gasteiger partial charge in [-0.15, -0.1) is 0 Å². The molecule has 3 atom stereocenters. The van der Waals surface area contributed by atoms with Crippen molar-refractivity contribution < 1.29 is 0 Å². The third-order valence-electron chi connectivity index (χ3n) is 4.32. The molecule has 2 aliphatic rings. The Balaban J connectivity index is 2.01. The minimum atomic E-state index is 0.284. The lowest BCUT2D eigenvalue weighted by atomic mass is 9.84. The normalized spacial score (nSPS) is 35.1. The SMILES string of the molecule is CN(C)CC1CCCN1C1CCCCC1C#N. The first kappa shape index (κ1) is 12.9. The molecule has 1 aliphatic carbocycles. The number of hydrogen-bond acceptors (Lipinski definition) is 3. The van der Waals surface area contributed by atoms with Gasteiger partial charge in [-0.25, -0.2) is 0 Å². The molecule has 0 aromatic carbocycles. The highest BCUT2D eigenvalue weighted by molar-refractivity contribution is 4.99. The quantitative estimate of drug-likeness (QED) is 0.750. The maximum Gasteiger partial charge on any atom is 0.0672 e. The predicted molar refractivity (Wildman–Crippen MR) is 69.6 cm³/mol. The van der Waals surface area contributed by atoms with Crippen molar-refractivity contribution in [2.24, 2.45) is 5.92 Å². The Labute approximate surface area is 105 Å². The fourth-order valence-electron chi connectivity index (χ4n) is 3.57. The van der Waals surface area contributed by atoms with Crippen LogP contribution in [0.2, 0.25) is 0 Å². The highest BCUT2D eigenvalue weighted by Crippen LogP contribution is 2.32. The summed E-state index contributed by atoms with van der Waals surface area (Å²) in [6, 6.07) is 3.78. The van der Waals surface area contributed by atoms with Crippen LogP contribution in [0, 0.1) is 17.2 Å². The lowest BCUT2D eigenvalue weighted by Gasteiger charge is -2.39. The van der Waals surface area contributed by atoms with Crippen LogP contribution >= 0.6 is 0 Å². The van der Waals surface area contributed by atoms with E-state index in [1.807, 2.05) is 0 Å². The summed E-state index contributed by atoms with van der Waals surface area (Å²) >= 11 is 0. The molecule has 0 radical (unpaired) electrons. The van der Waals surface area contributed by atoms with Gasteiger partial charge in [-0.2, -0.15) is 5.26 Å². The van der Waals surface area contributed by atoms with E-state index in [-0.39, 0.29) is 5.92 Å². The summed E-state index contributed by atoms with van der Waals surface area (Å²) in [5.74, 6) is 0.284. The van der Waals surface area contributed by atoms with Gasteiger partial charge in [-0.1, -0.05) is 12.8 Å². The topological polar surface area (TPSA) is 30.3 Å². The molecule has 0 spiro atoms. The summed E-state index contributed by atoms with van der Waals surface area (Å²) in [5, 5.41) is 9.30. The van der Waals surface area contributed by atoms with Crippen LogP contribution in [0.1, 0.15) is 38.5 Å². The molecule has 2 fully saturated rings. The molecule has 0 N–H and O–H groups in total. The van der Waals surface area contributed by atoms with E-state index in [1.165, 1.54) is 38.6 Å². The molecule has 1 saturated heterocycles. The van der Waals surface area contributed by atoms with E-state index in [4.69, 9.17) is 0 Å². The van der Waals surface area contributed by atoms with Gasteiger partial charge in [0.05, 0.1) is 12.0 Å². The average Bonchev–Trinajstić information content (AvgIpc) is 2.76. The van der Waals surface area contributed by atoms with Crippen molar-refractivity contribution in [3.8, 4) is 6.07 Å². The zero-order chi connectivity index (χ0) is 12.3. The third-order valence-corrected chi connectivity index (χ3v) is 4.32. The molecule has 17 heavy (non-hydrogen) atoms. The lowest BCUT2D eigenvalue weighted by molar-refractivity contribution is 0.0997. The van der Waals surface area contributed by atoms with Crippen molar-refractivity contribution in [2.75, 3.05) is 27.2 Å². The summed E-state index contributed by atoms with van der Waals surface area (Å²) < 4.78 is 0. The summed E-state index contributed by atoms with van der Waals surface area (Å²) in [4.78, 5) is 4.93. The van der Waals surface area contributed by atoms with E-state index in [2.05, 4.69) is 30.0 Å². The van der Waals surface area contributed by atoms with Crippen LogP contribution in [0.4, 0.5) is 0 Å². The van der Waals surface area contributed by atoms with Crippen LogP contribution in [0.25, 0.3) is 0 Å². The van der Waals surface area contributed by atoms with Gasteiger partial charge < -0.3 is 4.90 Å². The molecule has 1 saturated carbocycles. The molecule has 1 aliphatic heterocycles. The number of likely N-dealkylation sites (N-methyl/N-ethyl adjacent to an activating group) is 1. The average molecular weight is 235 g/mol. The Morgan fingerprint density at radius 1 is 1.18 bits per heavy atom. The van der Waals surface area contributed by atoms with Crippen LogP contribution < -0.4 is 0 Å². The van der Waals surface area contributed by atoms with Crippen LogP contribution in [-0.4, -0.2) is 49.1 Å². The zero-order valence-corrected chi connectivity index (χ0v) is 11.2. The van der Waals surface area contributed by atoms with E-state index >= 15 is 0 Å². The molecule has 3 unspecified atom stereocenters. The zero-order valence-electron chi connectivity index (χ0n) is 11.2. The predicted octanol–water partition coefficient (Wildman–Crippen LogP) is 2.09. The molecule has 2 rings (SSSR count). The molecule has 0 aromatic rings. The lowest BCUT2D eigenvalue weighted by Crippen LogP contribution is -2.47. The Morgan fingerprint density at radius 2 is 1.94 bits per heavy atom. The summed E-state index contributed by atoms with van der Waals surface area (Å²) in [7, 11) is 4.30. The van der Waals surface area contributed by atoms with Gasteiger partial charge in [-0.05, 0) is 46.3 Å². The largest absolute Gasteiger partial charge is 0.308 e. The Hall–Kier alpha value is -0.590. The Kier molecular flexibility index (Phi) is 4.42. The van der Waals surface area contributed by atoms with E-state index in [1.54, 1.807) is 0 Å². The fraction of sp³-hybridized carbons (Fsp3) is 0.929. The van der Waals surface area contributed by atoms with E-state index < -0.39 is 0 Å². The number of nitrogens with zero attached hydrogens (tertiary/aromatic N) is 3. The number of nitriles is 1. The van der Waals surface area contributed by atoms with Crippen LogP contribution in [0.3, 0.4) is 0 Å². The Bertz CT molecular complexity index is 282. The highest BCUT2D eigenvalue weighted by Gasteiger charge is 2.36. The Morgan fingerprint density at radius 3 is 2.65 bits per heavy atom. The van der Waals surface area contributed by atoms with Crippen molar-refractivity contribution in [1.82, 2.24) is 9.80 Å².